The Morgan fingerprint density at radius 3 is 2.59 bits per heavy atom. The van der Waals surface area contributed by atoms with Gasteiger partial charge >= 0.3 is 5.97 Å². The van der Waals surface area contributed by atoms with Crippen LogP contribution in [0.3, 0.4) is 0 Å². The summed E-state index contributed by atoms with van der Waals surface area (Å²) in [6.07, 6.45) is 2.47. The van der Waals surface area contributed by atoms with E-state index in [1.54, 1.807) is 12.1 Å². The van der Waals surface area contributed by atoms with Gasteiger partial charge in [0.15, 0.2) is 0 Å². The molecule has 0 spiro atoms. The maximum atomic E-state index is 11.2. The van der Waals surface area contributed by atoms with Gasteiger partial charge in [-0.25, -0.2) is 4.79 Å². The van der Waals surface area contributed by atoms with Crippen LogP contribution >= 0.6 is 0 Å². The highest BCUT2D eigenvalue weighted by molar-refractivity contribution is 5.95. The van der Waals surface area contributed by atoms with Gasteiger partial charge in [0.1, 0.15) is 0 Å². The third kappa shape index (κ3) is 2.93. The van der Waals surface area contributed by atoms with Gasteiger partial charge in [-0.3, -0.25) is 4.79 Å². The highest BCUT2D eigenvalue weighted by Crippen LogP contribution is 2.18. The molecule has 0 bridgehead atoms. The Kier molecular flexibility index (Phi) is 3.23. The molecule has 0 unspecified atom stereocenters. The minimum absolute atomic E-state index is 0.101. The van der Waals surface area contributed by atoms with Crippen molar-refractivity contribution in [1.82, 2.24) is 0 Å². The van der Waals surface area contributed by atoms with Gasteiger partial charge in [-0.1, -0.05) is 12.1 Å². The van der Waals surface area contributed by atoms with E-state index < -0.39 is 0 Å². The number of amides is 1. The van der Waals surface area contributed by atoms with Crippen molar-refractivity contribution in [3.05, 3.63) is 35.4 Å². The number of ether oxygens (including phenoxy) is 1. The Morgan fingerprint density at radius 2 is 2.06 bits per heavy atom. The molecule has 0 radical (unpaired) electrons. The number of cyclic esters (lactones) is 1. The average molecular weight is 231 g/mol. The first-order valence-corrected chi connectivity index (χ1v) is 5.40. The predicted molar refractivity (Wildman–Crippen MR) is 64.3 cm³/mol. The summed E-state index contributed by atoms with van der Waals surface area (Å²) in [4.78, 5) is 22.1. The lowest BCUT2D eigenvalue weighted by Gasteiger charge is -2.02. The molecule has 1 amide bonds. The number of rotatable bonds is 2. The molecule has 1 aliphatic rings. The first kappa shape index (κ1) is 11.4. The molecule has 1 aromatic rings. The minimum atomic E-state index is -0.240. The van der Waals surface area contributed by atoms with Gasteiger partial charge in [0.05, 0.1) is 6.61 Å². The van der Waals surface area contributed by atoms with E-state index in [0.717, 1.165) is 11.3 Å². The lowest BCUT2D eigenvalue weighted by Crippen LogP contribution is -2.05. The van der Waals surface area contributed by atoms with E-state index in [9.17, 15) is 9.59 Å². The van der Waals surface area contributed by atoms with Crippen LogP contribution in [-0.4, -0.2) is 18.5 Å². The molecule has 4 nitrogen and oxygen atoms in total. The van der Waals surface area contributed by atoms with Crippen LogP contribution < -0.4 is 5.32 Å². The zero-order chi connectivity index (χ0) is 12.3. The van der Waals surface area contributed by atoms with Crippen molar-refractivity contribution in [2.45, 2.75) is 13.3 Å². The first-order chi connectivity index (χ1) is 8.15. The standard InChI is InChI=1S/C13H13NO3/c1-9(15)14-12-4-2-10(3-5-12)8-11-6-7-17-13(11)16/h2-5,8H,6-7H2,1H3,(H,14,15)/b11-8+. The maximum absolute atomic E-state index is 11.2. The Morgan fingerprint density at radius 1 is 1.35 bits per heavy atom. The summed E-state index contributed by atoms with van der Waals surface area (Å²) in [5, 5.41) is 2.68. The van der Waals surface area contributed by atoms with Crippen LogP contribution in [0.15, 0.2) is 29.8 Å². The van der Waals surface area contributed by atoms with E-state index in [0.29, 0.717) is 18.6 Å². The molecule has 1 saturated heterocycles. The highest BCUT2D eigenvalue weighted by atomic mass is 16.5. The molecule has 1 N–H and O–H groups in total. The molecule has 1 heterocycles. The molecule has 88 valence electrons. The van der Waals surface area contributed by atoms with Gasteiger partial charge in [0, 0.05) is 24.6 Å². The largest absolute Gasteiger partial charge is 0.462 e. The fraction of sp³-hybridized carbons (Fsp3) is 0.231. The fourth-order valence-corrected chi connectivity index (χ4v) is 1.65. The van der Waals surface area contributed by atoms with E-state index in [2.05, 4.69) is 5.32 Å². The van der Waals surface area contributed by atoms with Crippen LogP contribution in [-0.2, 0) is 14.3 Å². The third-order valence-electron chi connectivity index (χ3n) is 2.44. The lowest BCUT2D eigenvalue weighted by atomic mass is 10.1. The van der Waals surface area contributed by atoms with E-state index in [4.69, 9.17) is 4.74 Å². The molecule has 1 aliphatic heterocycles. The van der Waals surface area contributed by atoms with Crippen molar-refractivity contribution in [2.24, 2.45) is 0 Å². The number of esters is 1. The van der Waals surface area contributed by atoms with Gasteiger partial charge in [-0.2, -0.15) is 0 Å². The topological polar surface area (TPSA) is 55.4 Å². The van der Waals surface area contributed by atoms with Crippen LogP contribution in [0, 0.1) is 0 Å². The number of carbonyl (C=O) groups excluding carboxylic acids is 2. The monoisotopic (exact) mass is 231 g/mol. The number of carbonyl (C=O) groups is 2. The van der Waals surface area contributed by atoms with Gasteiger partial charge in [0.2, 0.25) is 5.91 Å². The molecule has 1 aromatic carbocycles. The molecule has 2 rings (SSSR count). The average Bonchev–Trinajstić information content (AvgIpc) is 2.67. The molecule has 0 aliphatic carbocycles. The van der Waals surface area contributed by atoms with Crippen LogP contribution in [0.1, 0.15) is 18.9 Å². The normalized spacial score (nSPS) is 17.0. The van der Waals surface area contributed by atoms with Gasteiger partial charge in [0.25, 0.3) is 0 Å². The number of hydrogen-bond acceptors (Lipinski definition) is 3. The van der Waals surface area contributed by atoms with Crippen molar-refractivity contribution in [3.8, 4) is 0 Å². The number of anilines is 1. The summed E-state index contributed by atoms with van der Waals surface area (Å²) in [5.74, 6) is -0.341. The summed E-state index contributed by atoms with van der Waals surface area (Å²) >= 11 is 0. The summed E-state index contributed by atoms with van der Waals surface area (Å²) in [6.45, 7) is 1.93. The van der Waals surface area contributed by atoms with Crippen LogP contribution in [0.2, 0.25) is 0 Å². The first-order valence-electron chi connectivity index (χ1n) is 5.40. The van der Waals surface area contributed by atoms with Gasteiger partial charge in [-0.15, -0.1) is 0 Å². The summed E-state index contributed by atoms with van der Waals surface area (Å²) in [5.41, 5.74) is 2.36. The lowest BCUT2D eigenvalue weighted by molar-refractivity contribution is -0.135. The quantitative estimate of drug-likeness (QED) is 0.625. The van der Waals surface area contributed by atoms with Crippen LogP contribution in [0.4, 0.5) is 5.69 Å². The molecule has 0 atom stereocenters. The van der Waals surface area contributed by atoms with Crippen molar-refractivity contribution in [1.29, 1.82) is 0 Å². The Labute approximate surface area is 99.3 Å². The van der Waals surface area contributed by atoms with Crippen molar-refractivity contribution >= 4 is 23.6 Å². The van der Waals surface area contributed by atoms with E-state index in [1.807, 2.05) is 18.2 Å². The predicted octanol–water partition coefficient (Wildman–Crippen LogP) is 1.98. The van der Waals surface area contributed by atoms with Crippen molar-refractivity contribution < 1.29 is 14.3 Å². The second kappa shape index (κ2) is 4.82. The molecular formula is C13H13NO3. The summed E-state index contributed by atoms with van der Waals surface area (Å²) in [7, 11) is 0. The highest BCUT2D eigenvalue weighted by Gasteiger charge is 2.17. The maximum Gasteiger partial charge on any atom is 0.334 e. The zero-order valence-corrected chi connectivity index (χ0v) is 9.53. The SMILES string of the molecule is CC(=O)Nc1ccc(/C=C2\CCOC2=O)cc1. The van der Waals surface area contributed by atoms with E-state index >= 15 is 0 Å². The smallest absolute Gasteiger partial charge is 0.334 e. The van der Waals surface area contributed by atoms with Crippen molar-refractivity contribution in [2.75, 3.05) is 11.9 Å². The fourth-order valence-electron chi connectivity index (χ4n) is 1.65. The zero-order valence-electron chi connectivity index (χ0n) is 9.53. The van der Waals surface area contributed by atoms with Crippen LogP contribution in [0.25, 0.3) is 6.08 Å². The molecule has 4 heteroatoms. The second-order valence-corrected chi connectivity index (χ2v) is 3.86. The Bertz CT molecular complexity index is 474. The van der Waals surface area contributed by atoms with E-state index in [1.165, 1.54) is 6.92 Å². The molecule has 0 saturated carbocycles. The number of hydrogen-bond donors (Lipinski definition) is 1. The molecule has 17 heavy (non-hydrogen) atoms. The number of benzene rings is 1. The van der Waals surface area contributed by atoms with Gasteiger partial charge in [-0.05, 0) is 23.8 Å². The van der Waals surface area contributed by atoms with Crippen LogP contribution in [0.5, 0.6) is 0 Å². The Balaban J connectivity index is 2.13. The summed E-state index contributed by atoms with van der Waals surface area (Å²) in [6, 6.07) is 7.30. The van der Waals surface area contributed by atoms with E-state index in [-0.39, 0.29) is 11.9 Å². The Hall–Kier alpha value is -2.10. The summed E-state index contributed by atoms with van der Waals surface area (Å²) < 4.78 is 4.85. The van der Waals surface area contributed by atoms with Crippen molar-refractivity contribution in [3.63, 3.8) is 0 Å². The second-order valence-electron chi connectivity index (χ2n) is 3.86. The minimum Gasteiger partial charge on any atom is -0.462 e. The molecular weight excluding hydrogens is 218 g/mol. The number of nitrogens with one attached hydrogen (secondary N) is 1. The molecule has 1 fully saturated rings. The van der Waals surface area contributed by atoms with Gasteiger partial charge < -0.3 is 10.1 Å². The third-order valence-corrected chi connectivity index (χ3v) is 2.44. The molecule has 0 aromatic heterocycles.